The lowest BCUT2D eigenvalue weighted by Gasteiger charge is -2.34. The molecule has 0 N–H and O–H groups in total. The van der Waals surface area contributed by atoms with Crippen LogP contribution in [-0.2, 0) is 21.4 Å². The first-order valence-corrected chi connectivity index (χ1v) is 10.7. The minimum atomic E-state index is -3.76. The van der Waals surface area contributed by atoms with Crippen molar-refractivity contribution in [3.8, 4) is 0 Å². The van der Waals surface area contributed by atoms with Gasteiger partial charge in [0, 0.05) is 44.7 Å². The molecule has 0 aliphatic carbocycles. The topological polar surface area (TPSA) is 136 Å². The molecule has 1 aromatic heterocycles. The number of carbonyl (C=O) groups excluding carboxylic acids is 2. The zero-order valence-electron chi connectivity index (χ0n) is 16.3. The maximum atomic E-state index is 12.9. The number of imidazole rings is 1. The van der Waals surface area contributed by atoms with Gasteiger partial charge in [0.25, 0.3) is 0 Å². The Labute approximate surface area is 173 Å². The summed E-state index contributed by atoms with van der Waals surface area (Å²) in [4.78, 5) is 39.2. The van der Waals surface area contributed by atoms with Gasteiger partial charge >= 0.3 is 5.82 Å². The number of nitrogens with zero attached hydrogens (tertiary/aromatic N) is 5. The van der Waals surface area contributed by atoms with Gasteiger partial charge in [-0.05, 0) is 29.0 Å². The van der Waals surface area contributed by atoms with E-state index >= 15 is 0 Å². The number of piperazine rings is 1. The number of carbonyl (C=O) groups is 2. The summed E-state index contributed by atoms with van der Waals surface area (Å²) >= 11 is 0. The molecule has 2 aromatic rings. The van der Waals surface area contributed by atoms with Crippen LogP contribution in [0.25, 0.3) is 0 Å². The van der Waals surface area contributed by atoms with Crippen molar-refractivity contribution in [2.24, 2.45) is 0 Å². The van der Waals surface area contributed by atoms with Crippen LogP contribution in [0.4, 0.5) is 5.82 Å². The van der Waals surface area contributed by atoms with E-state index in [1.165, 1.54) is 46.5 Å². The molecule has 0 bridgehead atoms. The van der Waals surface area contributed by atoms with Gasteiger partial charge in [0.1, 0.15) is 6.20 Å². The number of aryl methyl sites for hydroxylation is 1. The Hall–Kier alpha value is -3.12. The molecule has 0 atom stereocenters. The molecule has 1 aromatic carbocycles. The van der Waals surface area contributed by atoms with Gasteiger partial charge < -0.3 is 19.6 Å². The Morgan fingerprint density at radius 2 is 1.90 bits per heavy atom. The van der Waals surface area contributed by atoms with Crippen molar-refractivity contribution in [3.63, 3.8) is 0 Å². The molecule has 12 heteroatoms. The molecule has 0 saturated carbocycles. The third kappa shape index (κ3) is 4.71. The molecule has 11 nitrogen and oxygen atoms in total. The van der Waals surface area contributed by atoms with E-state index in [1.54, 1.807) is 11.0 Å². The minimum absolute atomic E-state index is 0.0525. The van der Waals surface area contributed by atoms with Crippen molar-refractivity contribution in [1.82, 2.24) is 18.8 Å². The number of rotatable bonds is 7. The molecule has 0 unspecified atom stereocenters. The van der Waals surface area contributed by atoms with Crippen molar-refractivity contribution in [2.45, 2.75) is 24.8 Å². The van der Waals surface area contributed by atoms with E-state index in [0.29, 0.717) is 5.56 Å². The number of benzene rings is 1. The molecule has 0 radical (unpaired) electrons. The van der Waals surface area contributed by atoms with E-state index < -0.39 is 14.9 Å². The van der Waals surface area contributed by atoms with Gasteiger partial charge in [-0.25, -0.2) is 8.42 Å². The summed E-state index contributed by atoms with van der Waals surface area (Å²) in [6.45, 7) is 2.40. The van der Waals surface area contributed by atoms with Crippen molar-refractivity contribution < 1.29 is 22.9 Å². The zero-order valence-corrected chi connectivity index (χ0v) is 17.1. The predicted octanol–water partition coefficient (Wildman–Crippen LogP) is 0.917. The minimum Gasteiger partial charge on any atom is -0.358 e. The molecule has 30 heavy (non-hydrogen) atoms. The van der Waals surface area contributed by atoms with Gasteiger partial charge in [0.2, 0.25) is 22.3 Å². The number of sulfonamides is 1. The number of hydrogen-bond donors (Lipinski definition) is 0. The van der Waals surface area contributed by atoms with Gasteiger partial charge in [-0.15, -0.1) is 0 Å². The van der Waals surface area contributed by atoms with E-state index in [-0.39, 0.29) is 61.5 Å². The number of Topliss-reactive ketones (excluding diaryl/α,β-unsaturated/α-hetero) is 1. The molecule has 160 valence electrons. The normalized spacial score (nSPS) is 15.2. The third-order valence-corrected chi connectivity index (χ3v) is 6.75. The van der Waals surface area contributed by atoms with Crippen molar-refractivity contribution in [2.75, 3.05) is 26.2 Å². The molecule has 1 aliphatic rings. The van der Waals surface area contributed by atoms with Crippen LogP contribution in [0.3, 0.4) is 0 Å². The third-order valence-electron chi connectivity index (χ3n) is 4.86. The fourth-order valence-electron chi connectivity index (χ4n) is 3.15. The monoisotopic (exact) mass is 435 g/mol. The summed E-state index contributed by atoms with van der Waals surface area (Å²) in [5, 5.41) is 10.7. The van der Waals surface area contributed by atoms with Gasteiger partial charge in [-0.1, -0.05) is 12.1 Å². The summed E-state index contributed by atoms with van der Waals surface area (Å²) < 4.78 is 28.5. The molecule has 2 heterocycles. The van der Waals surface area contributed by atoms with Crippen molar-refractivity contribution in [1.29, 1.82) is 0 Å². The van der Waals surface area contributed by atoms with Crippen LogP contribution in [0.15, 0.2) is 41.7 Å². The molecule has 1 saturated heterocycles. The standard InChI is InChI=1S/C18H21N5O6S/c1-14(24)15-3-2-4-16(11-15)30(28,29)22-9-7-21(8-10-22)18(25)5-6-20-12-17(19-13-20)23(26)27/h2-4,11-13H,5-10H2,1H3. The maximum Gasteiger partial charge on any atom is 0.381 e. The van der Waals surface area contributed by atoms with Crippen LogP contribution < -0.4 is 0 Å². The highest BCUT2D eigenvalue weighted by molar-refractivity contribution is 7.89. The summed E-state index contributed by atoms with van der Waals surface area (Å²) in [6.07, 6.45) is 2.68. The highest BCUT2D eigenvalue weighted by Crippen LogP contribution is 2.19. The molecule has 1 fully saturated rings. The molecule has 1 amide bonds. The van der Waals surface area contributed by atoms with E-state index in [2.05, 4.69) is 4.98 Å². The van der Waals surface area contributed by atoms with E-state index in [9.17, 15) is 28.1 Å². The fraction of sp³-hybridized carbons (Fsp3) is 0.389. The number of ketones is 1. The van der Waals surface area contributed by atoms with E-state index in [1.807, 2.05) is 0 Å². The number of nitro groups is 1. The van der Waals surface area contributed by atoms with E-state index in [0.717, 1.165) is 0 Å². The quantitative estimate of drug-likeness (QED) is 0.358. The number of aromatic nitrogens is 2. The first kappa shape index (κ1) is 21.6. The van der Waals surface area contributed by atoms with Crippen LogP contribution in [0.5, 0.6) is 0 Å². The molecular weight excluding hydrogens is 414 g/mol. The second-order valence-electron chi connectivity index (χ2n) is 6.85. The Morgan fingerprint density at radius 1 is 1.20 bits per heavy atom. The van der Waals surface area contributed by atoms with Crippen LogP contribution in [0.2, 0.25) is 0 Å². The molecule has 0 spiro atoms. The molecular formula is C18H21N5O6S. The summed E-state index contributed by atoms with van der Waals surface area (Å²) in [5.74, 6) is -0.664. The Bertz CT molecular complexity index is 1070. The first-order chi connectivity index (χ1) is 14.2. The molecule has 3 rings (SSSR count). The summed E-state index contributed by atoms with van der Waals surface area (Å²) in [5.41, 5.74) is 0.324. The van der Waals surface area contributed by atoms with Gasteiger partial charge in [-0.2, -0.15) is 4.31 Å². The molecule has 1 aliphatic heterocycles. The Morgan fingerprint density at radius 3 is 2.50 bits per heavy atom. The average Bonchev–Trinajstić information content (AvgIpc) is 3.21. The predicted molar refractivity (Wildman–Crippen MR) is 105 cm³/mol. The largest absolute Gasteiger partial charge is 0.381 e. The Kier molecular flexibility index (Phi) is 6.27. The number of amides is 1. The van der Waals surface area contributed by atoms with Crippen LogP contribution in [0.1, 0.15) is 23.7 Å². The van der Waals surface area contributed by atoms with Crippen molar-refractivity contribution >= 4 is 27.5 Å². The van der Waals surface area contributed by atoms with E-state index in [4.69, 9.17) is 0 Å². The van der Waals surface area contributed by atoms with Crippen LogP contribution in [0, 0.1) is 10.1 Å². The van der Waals surface area contributed by atoms with Crippen molar-refractivity contribution in [3.05, 3.63) is 52.5 Å². The Balaban J connectivity index is 1.57. The second-order valence-corrected chi connectivity index (χ2v) is 8.78. The average molecular weight is 435 g/mol. The SMILES string of the molecule is CC(=O)c1cccc(S(=O)(=O)N2CCN(C(=O)CCn3cnc([N+](=O)[O-])c3)CC2)c1. The van der Waals surface area contributed by atoms with Gasteiger partial charge in [-0.3, -0.25) is 9.59 Å². The summed E-state index contributed by atoms with van der Waals surface area (Å²) in [7, 11) is -3.76. The number of hydrogen-bond acceptors (Lipinski definition) is 7. The van der Waals surface area contributed by atoms with Crippen LogP contribution in [-0.4, -0.2) is 70.0 Å². The lowest BCUT2D eigenvalue weighted by Crippen LogP contribution is -2.50. The summed E-state index contributed by atoms with van der Waals surface area (Å²) in [6, 6.07) is 5.90. The zero-order chi connectivity index (χ0) is 21.9. The second kappa shape index (κ2) is 8.71. The maximum absolute atomic E-state index is 12.9. The highest BCUT2D eigenvalue weighted by Gasteiger charge is 2.30. The first-order valence-electron chi connectivity index (χ1n) is 9.23. The smallest absolute Gasteiger partial charge is 0.358 e. The lowest BCUT2D eigenvalue weighted by atomic mass is 10.2. The lowest BCUT2D eigenvalue weighted by molar-refractivity contribution is -0.389. The van der Waals surface area contributed by atoms with Gasteiger partial charge in [0.05, 0.1) is 4.90 Å². The highest BCUT2D eigenvalue weighted by atomic mass is 32.2. The van der Waals surface area contributed by atoms with Crippen LogP contribution >= 0.6 is 0 Å². The fourth-order valence-corrected chi connectivity index (χ4v) is 4.62. The van der Waals surface area contributed by atoms with Gasteiger partial charge in [0.15, 0.2) is 5.78 Å².